The third kappa shape index (κ3) is 5.28. The lowest BCUT2D eigenvalue weighted by molar-refractivity contribution is -0.136. The molecule has 2 saturated heterocycles. The fraction of sp³-hybridized carbons (Fsp3) is 0.464. The summed E-state index contributed by atoms with van der Waals surface area (Å²) in [6.07, 6.45) is 6.77. The molecule has 3 heterocycles. The molecule has 3 amide bonds. The van der Waals surface area contributed by atoms with Crippen molar-refractivity contribution in [2.24, 2.45) is 0 Å². The van der Waals surface area contributed by atoms with Crippen LogP contribution in [-0.4, -0.2) is 47.9 Å². The van der Waals surface area contributed by atoms with Crippen LogP contribution in [0.4, 0.5) is 4.39 Å². The van der Waals surface area contributed by atoms with Crippen molar-refractivity contribution in [3.05, 3.63) is 65.0 Å². The predicted octanol–water partition coefficient (Wildman–Crippen LogP) is 3.67. The van der Waals surface area contributed by atoms with Crippen molar-refractivity contribution >= 4 is 17.7 Å². The van der Waals surface area contributed by atoms with E-state index in [1.807, 2.05) is 24.3 Å². The zero-order valence-electron chi connectivity index (χ0n) is 20.3. The number of hydrogen-bond acceptors (Lipinski definition) is 5. The summed E-state index contributed by atoms with van der Waals surface area (Å²) >= 11 is 0. The van der Waals surface area contributed by atoms with E-state index < -0.39 is 6.04 Å². The monoisotopic (exact) mass is 493 g/mol. The van der Waals surface area contributed by atoms with Gasteiger partial charge in [0.25, 0.3) is 5.91 Å². The first-order valence-electron chi connectivity index (χ1n) is 12.9. The minimum Gasteiger partial charge on any atom is -0.490 e. The number of nitrogens with one attached hydrogen (secondary N) is 2. The topological polar surface area (TPSA) is 87.7 Å². The summed E-state index contributed by atoms with van der Waals surface area (Å²) in [4.78, 5) is 37.6. The first-order valence-corrected chi connectivity index (χ1v) is 12.9. The van der Waals surface area contributed by atoms with Gasteiger partial charge in [0.2, 0.25) is 11.8 Å². The Balaban J connectivity index is 0.000000202. The summed E-state index contributed by atoms with van der Waals surface area (Å²) in [5, 5.41) is 5.44. The number of imide groups is 1. The van der Waals surface area contributed by atoms with E-state index in [1.165, 1.54) is 25.3 Å². The van der Waals surface area contributed by atoms with Crippen LogP contribution in [0.2, 0.25) is 0 Å². The third-order valence-corrected chi connectivity index (χ3v) is 7.48. The molecule has 190 valence electrons. The summed E-state index contributed by atoms with van der Waals surface area (Å²) in [7, 11) is 0. The molecule has 0 spiro atoms. The highest BCUT2D eigenvalue weighted by Gasteiger charge is 2.39. The third-order valence-electron chi connectivity index (χ3n) is 7.48. The fourth-order valence-corrected chi connectivity index (χ4v) is 5.31. The van der Waals surface area contributed by atoms with Gasteiger partial charge in [-0.05, 0) is 67.5 Å². The van der Waals surface area contributed by atoms with E-state index in [4.69, 9.17) is 4.74 Å². The molecular formula is C28H32FN3O4. The van der Waals surface area contributed by atoms with Gasteiger partial charge in [-0.15, -0.1) is 0 Å². The molecule has 0 radical (unpaired) electrons. The van der Waals surface area contributed by atoms with Crippen molar-refractivity contribution in [1.29, 1.82) is 0 Å². The second-order valence-corrected chi connectivity index (χ2v) is 9.97. The minimum absolute atomic E-state index is 0.0704. The summed E-state index contributed by atoms with van der Waals surface area (Å²) in [6, 6.07) is 12.0. The highest BCUT2D eigenvalue weighted by molar-refractivity contribution is 6.05. The van der Waals surface area contributed by atoms with Crippen LogP contribution in [0.3, 0.4) is 0 Å². The molecule has 4 aliphatic rings. The maximum atomic E-state index is 13.0. The minimum atomic E-state index is -0.569. The van der Waals surface area contributed by atoms with Crippen LogP contribution in [0.15, 0.2) is 42.5 Å². The molecule has 0 bridgehead atoms. The molecule has 7 nitrogen and oxygen atoms in total. The van der Waals surface area contributed by atoms with E-state index in [1.54, 1.807) is 17.0 Å². The standard InChI is InChI=1S/C19H22N2O4.C9H10FN/c22-17-9-8-16(18(23)20-17)21-11-12-10-14(6-7-15(12)19(21)24)25-13-4-2-1-3-5-13;10-9-4-2-1-3-8(9)7-5-11-6-7/h6-7,10,13,16H,1-5,8-9,11H2,(H,20,22,23);1-4,7,11H,5-6H2. The van der Waals surface area contributed by atoms with Gasteiger partial charge < -0.3 is 15.0 Å². The Hall–Kier alpha value is -3.26. The quantitative estimate of drug-likeness (QED) is 0.635. The van der Waals surface area contributed by atoms with Crippen LogP contribution in [0.25, 0.3) is 0 Å². The number of halogens is 1. The van der Waals surface area contributed by atoms with Gasteiger partial charge in [0.1, 0.15) is 17.6 Å². The Bertz CT molecular complexity index is 1140. The van der Waals surface area contributed by atoms with Gasteiger partial charge in [-0.1, -0.05) is 24.6 Å². The number of carbonyl (C=O) groups excluding carboxylic acids is 3. The lowest BCUT2D eigenvalue weighted by Crippen LogP contribution is -2.52. The number of rotatable bonds is 4. The Morgan fingerprint density at radius 2 is 1.72 bits per heavy atom. The Labute approximate surface area is 210 Å². The molecule has 2 aromatic rings. The number of carbonyl (C=O) groups is 3. The highest BCUT2D eigenvalue weighted by Crippen LogP contribution is 2.31. The highest BCUT2D eigenvalue weighted by atomic mass is 19.1. The van der Waals surface area contributed by atoms with Crippen molar-refractivity contribution in [3.8, 4) is 5.75 Å². The van der Waals surface area contributed by atoms with Crippen LogP contribution in [0.5, 0.6) is 5.75 Å². The van der Waals surface area contributed by atoms with Gasteiger partial charge in [0.05, 0.1) is 6.10 Å². The second-order valence-electron chi connectivity index (χ2n) is 9.97. The van der Waals surface area contributed by atoms with E-state index >= 15 is 0 Å². The molecule has 0 aromatic heterocycles. The molecule has 1 atom stereocenters. The second kappa shape index (κ2) is 10.8. The van der Waals surface area contributed by atoms with E-state index in [0.29, 0.717) is 24.4 Å². The number of benzene rings is 2. The van der Waals surface area contributed by atoms with Crippen molar-refractivity contribution in [2.75, 3.05) is 13.1 Å². The average molecular weight is 494 g/mol. The zero-order valence-corrected chi connectivity index (χ0v) is 20.3. The van der Waals surface area contributed by atoms with Crippen LogP contribution < -0.4 is 15.4 Å². The maximum absolute atomic E-state index is 13.0. The number of nitrogens with zero attached hydrogens (tertiary/aromatic N) is 1. The van der Waals surface area contributed by atoms with Gasteiger partial charge in [-0.3, -0.25) is 19.7 Å². The molecule has 2 N–H and O–H groups in total. The molecule has 3 aliphatic heterocycles. The Kier molecular flexibility index (Phi) is 7.32. The first kappa shape index (κ1) is 24.4. The van der Waals surface area contributed by atoms with Crippen molar-refractivity contribution in [1.82, 2.24) is 15.5 Å². The number of hydrogen-bond donors (Lipinski definition) is 2. The summed E-state index contributed by atoms with van der Waals surface area (Å²) < 4.78 is 19.1. The Morgan fingerprint density at radius 1 is 0.944 bits per heavy atom. The van der Waals surface area contributed by atoms with Crippen LogP contribution in [0, 0.1) is 5.82 Å². The van der Waals surface area contributed by atoms with Gasteiger partial charge in [-0.25, -0.2) is 4.39 Å². The Morgan fingerprint density at radius 3 is 2.42 bits per heavy atom. The van der Waals surface area contributed by atoms with E-state index in [0.717, 1.165) is 42.8 Å². The van der Waals surface area contributed by atoms with Crippen LogP contribution >= 0.6 is 0 Å². The van der Waals surface area contributed by atoms with Crippen LogP contribution in [0.1, 0.15) is 72.3 Å². The summed E-state index contributed by atoms with van der Waals surface area (Å²) in [5.74, 6) is 0.331. The number of piperidine rings is 1. The zero-order chi connectivity index (χ0) is 25.1. The van der Waals surface area contributed by atoms with Gasteiger partial charge in [-0.2, -0.15) is 0 Å². The van der Waals surface area contributed by atoms with Crippen LogP contribution in [-0.2, 0) is 16.1 Å². The van der Waals surface area contributed by atoms with Crippen molar-refractivity contribution in [3.63, 3.8) is 0 Å². The van der Waals surface area contributed by atoms with Gasteiger partial charge in [0, 0.05) is 37.5 Å². The smallest absolute Gasteiger partial charge is 0.255 e. The van der Waals surface area contributed by atoms with E-state index in [9.17, 15) is 18.8 Å². The largest absolute Gasteiger partial charge is 0.490 e. The normalized spacial score (nSPS) is 22.3. The van der Waals surface area contributed by atoms with Gasteiger partial charge >= 0.3 is 0 Å². The molecule has 1 unspecified atom stereocenters. The lowest BCUT2D eigenvalue weighted by atomic mass is 9.93. The number of fused-ring (bicyclic) bond motifs is 1. The number of ether oxygens (including phenoxy) is 1. The summed E-state index contributed by atoms with van der Waals surface area (Å²) in [5.41, 5.74) is 2.37. The predicted molar refractivity (Wildman–Crippen MR) is 132 cm³/mol. The molecule has 3 fully saturated rings. The van der Waals surface area contributed by atoms with E-state index in [2.05, 4.69) is 10.6 Å². The molecule has 6 rings (SSSR count). The van der Waals surface area contributed by atoms with Gasteiger partial charge in [0.15, 0.2) is 0 Å². The fourth-order valence-electron chi connectivity index (χ4n) is 5.31. The first-order chi connectivity index (χ1) is 17.5. The average Bonchev–Trinajstić information content (AvgIpc) is 3.16. The van der Waals surface area contributed by atoms with E-state index in [-0.39, 0.29) is 36.1 Å². The molecule has 1 saturated carbocycles. The molecule has 8 heteroatoms. The molecule has 2 aromatic carbocycles. The molecule has 36 heavy (non-hydrogen) atoms. The molecular weight excluding hydrogens is 461 g/mol. The van der Waals surface area contributed by atoms with Crippen molar-refractivity contribution in [2.45, 2.75) is 69.6 Å². The van der Waals surface area contributed by atoms with Crippen molar-refractivity contribution < 1.29 is 23.5 Å². The SMILES string of the molecule is Fc1ccccc1C1CNC1.O=C1CCC(N2Cc3cc(OC4CCCCC4)ccc3C2=O)C(=O)N1. The maximum Gasteiger partial charge on any atom is 0.255 e. The summed E-state index contributed by atoms with van der Waals surface area (Å²) in [6.45, 7) is 2.23. The lowest BCUT2D eigenvalue weighted by Gasteiger charge is -2.29. The number of amides is 3. The molecule has 1 aliphatic carbocycles.